The molecule has 0 aromatic carbocycles. The highest BCUT2D eigenvalue weighted by Crippen LogP contribution is 1.90. The van der Waals surface area contributed by atoms with Gasteiger partial charge in [0, 0.05) is 6.54 Å². The van der Waals surface area contributed by atoms with Crippen LogP contribution in [0.25, 0.3) is 0 Å². The Balaban J connectivity index is 3.66. The molecule has 1 atom stereocenters. The van der Waals surface area contributed by atoms with Crippen LogP contribution in [0.4, 0.5) is 4.79 Å². The van der Waals surface area contributed by atoms with Gasteiger partial charge in [0.05, 0.1) is 13.0 Å². The summed E-state index contributed by atoms with van der Waals surface area (Å²) in [5.74, 6) is -2.24. The van der Waals surface area contributed by atoms with Crippen LogP contribution in [0.5, 0.6) is 0 Å². The monoisotopic (exact) mass is 218 g/mol. The Labute approximate surface area is 86.8 Å². The first-order valence-corrected chi connectivity index (χ1v) is 4.28. The fourth-order valence-corrected chi connectivity index (χ4v) is 0.620. The minimum absolute atomic E-state index is 0.00232. The number of urea groups is 1. The zero-order chi connectivity index (χ0) is 11.8. The van der Waals surface area contributed by atoms with E-state index in [0.29, 0.717) is 0 Å². The average Bonchev–Trinajstić information content (AvgIpc) is 2.21. The minimum atomic E-state index is -0.997. The molecule has 0 aliphatic heterocycles. The van der Waals surface area contributed by atoms with E-state index >= 15 is 0 Å². The highest BCUT2D eigenvalue weighted by molar-refractivity contribution is 5.81. The van der Waals surface area contributed by atoms with Crippen LogP contribution in [0.1, 0.15) is 6.92 Å². The van der Waals surface area contributed by atoms with Crippen molar-refractivity contribution in [3.05, 3.63) is 0 Å². The van der Waals surface area contributed by atoms with Gasteiger partial charge < -0.3 is 20.5 Å². The normalized spacial score (nSPS) is 11.3. The molecule has 0 aliphatic carbocycles. The maximum Gasteiger partial charge on any atom is 0.325 e. The molecule has 0 saturated carbocycles. The van der Waals surface area contributed by atoms with Crippen LogP contribution in [-0.2, 0) is 14.3 Å². The number of aliphatic carboxylic acids is 1. The highest BCUT2D eigenvalue weighted by Gasteiger charge is 2.12. The molecule has 0 rings (SSSR count). The van der Waals surface area contributed by atoms with Crippen molar-refractivity contribution in [2.75, 3.05) is 20.2 Å². The van der Waals surface area contributed by atoms with Crippen LogP contribution >= 0.6 is 0 Å². The van der Waals surface area contributed by atoms with E-state index in [4.69, 9.17) is 5.11 Å². The number of esters is 1. The van der Waals surface area contributed by atoms with Crippen molar-refractivity contribution < 1.29 is 24.2 Å². The summed E-state index contributed by atoms with van der Waals surface area (Å²) in [7, 11) is 1.20. The Morgan fingerprint density at radius 1 is 1.33 bits per heavy atom. The maximum absolute atomic E-state index is 11.0. The molecule has 7 heteroatoms. The number of methoxy groups -OCH3 is 1. The van der Waals surface area contributed by atoms with E-state index in [9.17, 15) is 14.4 Å². The van der Waals surface area contributed by atoms with Gasteiger partial charge in [-0.15, -0.1) is 0 Å². The molecule has 15 heavy (non-hydrogen) atoms. The first-order chi connectivity index (χ1) is 6.97. The van der Waals surface area contributed by atoms with Crippen molar-refractivity contribution in [1.29, 1.82) is 0 Å². The molecule has 0 spiro atoms. The summed E-state index contributed by atoms with van der Waals surface area (Å²) in [5.41, 5.74) is 0. The van der Waals surface area contributed by atoms with Gasteiger partial charge in [0.1, 0.15) is 6.54 Å². The maximum atomic E-state index is 11.0. The number of carboxylic acid groups (broad SMARTS) is 1. The fourth-order valence-electron chi connectivity index (χ4n) is 0.620. The van der Waals surface area contributed by atoms with Gasteiger partial charge >= 0.3 is 18.0 Å². The van der Waals surface area contributed by atoms with E-state index < -0.39 is 23.9 Å². The lowest BCUT2D eigenvalue weighted by Crippen LogP contribution is -2.41. The summed E-state index contributed by atoms with van der Waals surface area (Å²) in [4.78, 5) is 31.9. The Morgan fingerprint density at radius 3 is 2.40 bits per heavy atom. The topological polar surface area (TPSA) is 105 Å². The largest absolute Gasteiger partial charge is 0.481 e. The summed E-state index contributed by atoms with van der Waals surface area (Å²) in [6.45, 7) is 1.22. The van der Waals surface area contributed by atoms with Crippen LogP contribution in [0, 0.1) is 5.92 Å². The number of carbonyl (C=O) groups is 3. The van der Waals surface area contributed by atoms with Gasteiger partial charge in [0.2, 0.25) is 0 Å². The molecule has 3 N–H and O–H groups in total. The van der Waals surface area contributed by atoms with Crippen molar-refractivity contribution in [2.45, 2.75) is 6.92 Å². The molecular formula is C8H14N2O5. The van der Waals surface area contributed by atoms with Crippen LogP contribution < -0.4 is 10.6 Å². The van der Waals surface area contributed by atoms with Crippen molar-refractivity contribution in [3.63, 3.8) is 0 Å². The van der Waals surface area contributed by atoms with Crippen molar-refractivity contribution in [1.82, 2.24) is 10.6 Å². The number of nitrogens with one attached hydrogen (secondary N) is 2. The number of rotatable bonds is 5. The van der Waals surface area contributed by atoms with E-state index in [-0.39, 0.29) is 13.1 Å². The standard InChI is InChI=1S/C8H14N2O5/c1-5(7(12)13)3-9-8(14)10-4-6(11)15-2/h5H,3-4H2,1-2H3,(H,12,13)(H2,9,10,14). The van der Waals surface area contributed by atoms with E-state index in [1.54, 1.807) is 0 Å². The second-order valence-corrected chi connectivity index (χ2v) is 2.88. The SMILES string of the molecule is COC(=O)CNC(=O)NCC(C)C(=O)O. The van der Waals surface area contributed by atoms with Gasteiger partial charge in [-0.1, -0.05) is 6.92 Å². The van der Waals surface area contributed by atoms with Gasteiger partial charge in [-0.3, -0.25) is 9.59 Å². The molecule has 0 aromatic heterocycles. The molecule has 0 saturated heterocycles. The predicted molar refractivity (Wildman–Crippen MR) is 50.2 cm³/mol. The second-order valence-electron chi connectivity index (χ2n) is 2.88. The highest BCUT2D eigenvalue weighted by atomic mass is 16.5. The van der Waals surface area contributed by atoms with Crippen LogP contribution in [0.3, 0.4) is 0 Å². The third kappa shape index (κ3) is 6.30. The van der Waals surface area contributed by atoms with Gasteiger partial charge in [-0.2, -0.15) is 0 Å². The van der Waals surface area contributed by atoms with Gasteiger partial charge in [0.15, 0.2) is 0 Å². The Morgan fingerprint density at radius 2 is 1.93 bits per heavy atom. The molecule has 0 bridgehead atoms. The molecule has 1 unspecified atom stereocenters. The molecule has 86 valence electrons. The third-order valence-corrected chi connectivity index (χ3v) is 1.61. The smallest absolute Gasteiger partial charge is 0.325 e. The number of ether oxygens (including phenoxy) is 1. The van der Waals surface area contributed by atoms with Gasteiger partial charge in [0.25, 0.3) is 0 Å². The molecular weight excluding hydrogens is 204 g/mol. The molecule has 0 aliphatic rings. The predicted octanol–water partition coefficient (Wildman–Crippen LogP) is -0.821. The molecule has 0 radical (unpaired) electrons. The number of amides is 2. The number of hydrogen-bond acceptors (Lipinski definition) is 4. The zero-order valence-electron chi connectivity index (χ0n) is 8.57. The summed E-state index contributed by atoms with van der Waals surface area (Å²) < 4.78 is 4.29. The summed E-state index contributed by atoms with van der Waals surface area (Å²) >= 11 is 0. The first-order valence-electron chi connectivity index (χ1n) is 4.28. The van der Waals surface area contributed by atoms with Crippen LogP contribution in [-0.4, -0.2) is 43.3 Å². The van der Waals surface area contributed by atoms with Gasteiger partial charge in [-0.25, -0.2) is 4.79 Å². The quantitative estimate of drug-likeness (QED) is 0.523. The molecule has 0 heterocycles. The zero-order valence-corrected chi connectivity index (χ0v) is 8.57. The van der Waals surface area contributed by atoms with Crippen LogP contribution in [0.15, 0.2) is 0 Å². The Bertz CT molecular complexity index is 253. The third-order valence-electron chi connectivity index (χ3n) is 1.61. The summed E-state index contributed by atoms with van der Waals surface area (Å²) in [5, 5.41) is 13.0. The molecule has 2 amide bonds. The molecule has 0 fully saturated rings. The van der Waals surface area contributed by atoms with E-state index in [0.717, 1.165) is 0 Å². The number of carbonyl (C=O) groups excluding carboxylic acids is 2. The van der Waals surface area contributed by atoms with Crippen molar-refractivity contribution in [3.8, 4) is 0 Å². The van der Waals surface area contributed by atoms with Crippen LogP contribution in [0.2, 0.25) is 0 Å². The Kier molecular flexibility index (Phi) is 5.84. The molecule has 7 nitrogen and oxygen atoms in total. The lowest BCUT2D eigenvalue weighted by molar-refractivity contribution is -0.141. The average molecular weight is 218 g/mol. The van der Waals surface area contributed by atoms with Crippen molar-refractivity contribution >= 4 is 18.0 Å². The van der Waals surface area contributed by atoms with E-state index in [2.05, 4.69) is 15.4 Å². The first kappa shape index (κ1) is 13.2. The molecule has 0 aromatic rings. The lowest BCUT2D eigenvalue weighted by atomic mass is 10.2. The van der Waals surface area contributed by atoms with Gasteiger partial charge in [-0.05, 0) is 0 Å². The second kappa shape index (κ2) is 6.63. The Hall–Kier alpha value is -1.79. The van der Waals surface area contributed by atoms with E-state index in [1.807, 2.05) is 0 Å². The number of hydrogen-bond donors (Lipinski definition) is 3. The lowest BCUT2D eigenvalue weighted by Gasteiger charge is -2.08. The minimum Gasteiger partial charge on any atom is -0.481 e. The van der Waals surface area contributed by atoms with Crippen molar-refractivity contribution in [2.24, 2.45) is 5.92 Å². The number of carboxylic acids is 1. The van der Waals surface area contributed by atoms with E-state index in [1.165, 1.54) is 14.0 Å². The summed E-state index contributed by atoms with van der Waals surface area (Å²) in [6.07, 6.45) is 0. The fraction of sp³-hybridized carbons (Fsp3) is 0.625. The summed E-state index contributed by atoms with van der Waals surface area (Å²) in [6, 6.07) is -0.603.